The topological polar surface area (TPSA) is 60.5 Å². The lowest BCUT2D eigenvalue weighted by Gasteiger charge is -2.13. The van der Waals surface area contributed by atoms with Gasteiger partial charge in [-0.25, -0.2) is 4.79 Å². The summed E-state index contributed by atoms with van der Waals surface area (Å²) in [5.74, 6) is 0.464. The fourth-order valence-electron chi connectivity index (χ4n) is 3.33. The van der Waals surface area contributed by atoms with Crippen molar-refractivity contribution in [3.8, 4) is 5.75 Å². The molecule has 0 aliphatic heterocycles. The molecule has 0 saturated heterocycles. The summed E-state index contributed by atoms with van der Waals surface area (Å²) in [4.78, 5) is 16.7. The van der Waals surface area contributed by atoms with Crippen molar-refractivity contribution in [3.05, 3.63) is 95.7 Å². The highest BCUT2D eigenvalue weighted by atomic mass is 35.5. The Morgan fingerprint density at radius 1 is 0.969 bits per heavy atom. The Kier molecular flexibility index (Phi) is 7.68. The van der Waals surface area contributed by atoms with E-state index in [0.29, 0.717) is 18.8 Å². The Morgan fingerprint density at radius 3 is 2.44 bits per heavy atom. The van der Waals surface area contributed by atoms with Crippen LogP contribution in [-0.2, 0) is 11.3 Å². The fourth-order valence-corrected chi connectivity index (χ4v) is 3.33. The number of fused-ring (bicyclic) bond motifs is 1. The number of carbonyl (C=O) groups is 1. The second kappa shape index (κ2) is 10.6. The van der Waals surface area contributed by atoms with E-state index in [0.717, 1.165) is 39.3 Å². The maximum absolute atomic E-state index is 12.1. The molecule has 0 bridgehead atoms. The van der Waals surface area contributed by atoms with E-state index in [4.69, 9.17) is 9.47 Å². The minimum atomic E-state index is -0.337. The van der Waals surface area contributed by atoms with Gasteiger partial charge in [0.05, 0.1) is 17.7 Å². The molecule has 0 fully saturated rings. The van der Waals surface area contributed by atoms with E-state index >= 15 is 0 Å². The van der Waals surface area contributed by atoms with E-state index in [1.165, 1.54) is 0 Å². The number of aromatic nitrogens is 1. The van der Waals surface area contributed by atoms with Gasteiger partial charge in [-0.05, 0) is 67.9 Å². The normalized spacial score (nSPS) is 10.3. The molecule has 0 atom stereocenters. The van der Waals surface area contributed by atoms with Gasteiger partial charge < -0.3 is 14.8 Å². The Balaban J connectivity index is 0.00000289. The predicted octanol–water partition coefficient (Wildman–Crippen LogP) is 6.46. The second-order valence-electron chi connectivity index (χ2n) is 7.19. The maximum atomic E-state index is 12.1. The lowest BCUT2D eigenvalue weighted by Crippen LogP contribution is -2.05. The minimum Gasteiger partial charge on any atom is -0.489 e. The van der Waals surface area contributed by atoms with Crippen molar-refractivity contribution in [3.63, 3.8) is 0 Å². The molecule has 5 nitrogen and oxygen atoms in total. The molecule has 0 amide bonds. The summed E-state index contributed by atoms with van der Waals surface area (Å²) < 4.78 is 11.0. The van der Waals surface area contributed by atoms with Gasteiger partial charge >= 0.3 is 5.97 Å². The fraction of sp³-hybridized carbons (Fsp3) is 0.154. The number of aryl methyl sites for hydroxylation is 1. The van der Waals surface area contributed by atoms with Crippen molar-refractivity contribution in [2.45, 2.75) is 20.5 Å². The number of pyridine rings is 1. The summed E-state index contributed by atoms with van der Waals surface area (Å²) in [5.41, 5.74) is 5.14. The van der Waals surface area contributed by atoms with Gasteiger partial charge in [0, 0.05) is 22.5 Å². The molecular weight excluding hydrogens is 424 g/mol. The third-order valence-electron chi connectivity index (χ3n) is 4.83. The lowest BCUT2D eigenvalue weighted by atomic mass is 10.1. The number of ether oxygens (including phenoxy) is 2. The number of rotatable bonds is 7. The number of hydrogen-bond acceptors (Lipinski definition) is 5. The van der Waals surface area contributed by atoms with Gasteiger partial charge in [0.25, 0.3) is 0 Å². The molecule has 1 N–H and O–H groups in total. The molecule has 4 aromatic rings. The highest BCUT2D eigenvalue weighted by Gasteiger charge is 2.11. The Hall–Kier alpha value is -3.57. The largest absolute Gasteiger partial charge is 0.489 e. The van der Waals surface area contributed by atoms with Gasteiger partial charge in [-0.3, -0.25) is 4.98 Å². The first kappa shape index (κ1) is 23.1. The zero-order valence-corrected chi connectivity index (χ0v) is 18.8. The minimum absolute atomic E-state index is 0. The number of esters is 1. The molecule has 1 heterocycles. The average molecular weight is 449 g/mol. The van der Waals surface area contributed by atoms with Crippen molar-refractivity contribution < 1.29 is 14.3 Å². The van der Waals surface area contributed by atoms with E-state index in [1.807, 2.05) is 79.7 Å². The summed E-state index contributed by atoms with van der Waals surface area (Å²) in [7, 11) is 0. The van der Waals surface area contributed by atoms with E-state index in [1.54, 1.807) is 13.0 Å². The van der Waals surface area contributed by atoms with Crippen LogP contribution >= 0.6 is 12.4 Å². The Labute approximate surface area is 193 Å². The number of carbonyl (C=O) groups excluding carboxylic acids is 1. The molecule has 0 saturated carbocycles. The third kappa shape index (κ3) is 5.56. The Morgan fingerprint density at radius 2 is 1.72 bits per heavy atom. The highest BCUT2D eigenvalue weighted by molar-refractivity contribution is 5.99. The molecule has 32 heavy (non-hydrogen) atoms. The van der Waals surface area contributed by atoms with Crippen molar-refractivity contribution >= 4 is 40.7 Å². The number of anilines is 2. The van der Waals surface area contributed by atoms with Crippen LogP contribution in [-0.4, -0.2) is 17.6 Å². The SMILES string of the molecule is CCOC(=O)c1ccc2nc(C)cc(Nc3ccc(OCc4ccccc4)cc3)c2c1.Cl. The molecule has 0 spiro atoms. The van der Waals surface area contributed by atoms with Gasteiger partial charge in [-0.1, -0.05) is 30.3 Å². The molecule has 1 aromatic heterocycles. The first-order valence-electron chi connectivity index (χ1n) is 10.2. The zero-order chi connectivity index (χ0) is 21.6. The first-order valence-corrected chi connectivity index (χ1v) is 10.2. The average Bonchev–Trinajstić information content (AvgIpc) is 2.79. The van der Waals surface area contributed by atoms with Gasteiger partial charge in [-0.15, -0.1) is 12.4 Å². The number of nitrogens with zero attached hydrogens (tertiary/aromatic N) is 1. The zero-order valence-electron chi connectivity index (χ0n) is 18.0. The van der Waals surface area contributed by atoms with Crippen molar-refractivity contribution in [2.24, 2.45) is 0 Å². The number of halogens is 1. The molecule has 0 aliphatic rings. The van der Waals surface area contributed by atoms with Crippen LogP contribution in [0.25, 0.3) is 10.9 Å². The summed E-state index contributed by atoms with van der Waals surface area (Å²) in [6, 6.07) is 25.3. The van der Waals surface area contributed by atoms with E-state index in [-0.39, 0.29) is 18.4 Å². The van der Waals surface area contributed by atoms with Gasteiger partial charge in [-0.2, -0.15) is 0 Å². The van der Waals surface area contributed by atoms with E-state index in [9.17, 15) is 4.79 Å². The van der Waals surface area contributed by atoms with Crippen LogP contribution in [0.2, 0.25) is 0 Å². The molecular formula is C26H25ClN2O3. The number of hydrogen-bond donors (Lipinski definition) is 1. The quantitative estimate of drug-likeness (QED) is 0.328. The predicted molar refractivity (Wildman–Crippen MR) is 130 cm³/mol. The molecule has 164 valence electrons. The summed E-state index contributed by atoms with van der Waals surface area (Å²) in [5, 5.41) is 4.30. The number of benzene rings is 3. The van der Waals surface area contributed by atoms with E-state index in [2.05, 4.69) is 10.3 Å². The number of nitrogens with one attached hydrogen (secondary N) is 1. The Bertz CT molecular complexity index is 1200. The summed E-state index contributed by atoms with van der Waals surface area (Å²) in [6.45, 7) is 4.61. The summed E-state index contributed by atoms with van der Waals surface area (Å²) in [6.07, 6.45) is 0. The van der Waals surface area contributed by atoms with Crippen molar-refractivity contribution in [1.29, 1.82) is 0 Å². The third-order valence-corrected chi connectivity index (χ3v) is 4.83. The van der Waals surface area contributed by atoms with Gasteiger partial charge in [0.2, 0.25) is 0 Å². The van der Waals surface area contributed by atoms with Gasteiger partial charge in [0.1, 0.15) is 12.4 Å². The monoisotopic (exact) mass is 448 g/mol. The van der Waals surface area contributed by atoms with Crippen LogP contribution in [0.3, 0.4) is 0 Å². The van der Waals surface area contributed by atoms with Crippen molar-refractivity contribution in [2.75, 3.05) is 11.9 Å². The molecule has 3 aromatic carbocycles. The second-order valence-corrected chi connectivity index (χ2v) is 7.19. The lowest BCUT2D eigenvalue weighted by molar-refractivity contribution is 0.0526. The molecule has 0 unspecified atom stereocenters. The van der Waals surface area contributed by atoms with Gasteiger partial charge in [0.15, 0.2) is 0 Å². The molecule has 0 radical (unpaired) electrons. The standard InChI is InChI=1S/C26H24N2O3.ClH/c1-3-30-26(29)20-9-14-24-23(16-20)25(15-18(2)27-24)28-21-10-12-22(13-11-21)31-17-19-7-5-4-6-8-19;/h4-16H,3,17H2,1-2H3,(H,27,28);1H. The molecule has 4 rings (SSSR count). The van der Waals surface area contributed by atoms with Crippen molar-refractivity contribution in [1.82, 2.24) is 4.98 Å². The molecule has 6 heteroatoms. The first-order chi connectivity index (χ1) is 15.1. The molecule has 0 aliphatic carbocycles. The highest BCUT2D eigenvalue weighted by Crippen LogP contribution is 2.28. The van der Waals surface area contributed by atoms with Crippen LogP contribution in [0.1, 0.15) is 28.5 Å². The van der Waals surface area contributed by atoms with Crippen LogP contribution < -0.4 is 10.1 Å². The van der Waals surface area contributed by atoms with Crippen LogP contribution in [0.4, 0.5) is 11.4 Å². The van der Waals surface area contributed by atoms with Crippen LogP contribution in [0.15, 0.2) is 78.9 Å². The van der Waals surface area contributed by atoms with Crippen LogP contribution in [0.5, 0.6) is 5.75 Å². The summed E-state index contributed by atoms with van der Waals surface area (Å²) >= 11 is 0. The van der Waals surface area contributed by atoms with Crippen LogP contribution in [0, 0.1) is 6.92 Å². The smallest absolute Gasteiger partial charge is 0.338 e. The van der Waals surface area contributed by atoms with E-state index < -0.39 is 0 Å². The maximum Gasteiger partial charge on any atom is 0.338 e.